The molecule has 0 atom stereocenters. The topological polar surface area (TPSA) is 49.2 Å². The zero-order valence-corrected chi connectivity index (χ0v) is 6.83. The Morgan fingerprint density at radius 3 is 2.42 bits per heavy atom. The van der Waals surface area contributed by atoms with Gasteiger partial charge in [-0.05, 0) is 24.3 Å². The van der Waals surface area contributed by atoms with Gasteiger partial charge in [0.25, 0.3) is 0 Å². The monoisotopic (exact) mass is 167 g/mol. The predicted octanol–water partition coefficient (Wildman–Crippen LogP) is 0.602. The lowest BCUT2D eigenvalue weighted by atomic mass is 10.1. The molecule has 0 fully saturated rings. The van der Waals surface area contributed by atoms with Crippen molar-refractivity contribution in [3.63, 3.8) is 0 Å². The molecule has 2 N–H and O–H groups in total. The Morgan fingerprint density at radius 2 is 2.00 bits per heavy atom. The van der Waals surface area contributed by atoms with E-state index in [1.165, 1.54) is 0 Å². The van der Waals surface area contributed by atoms with Crippen molar-refractivity contribution in [1.82, 2.24) is 0 Å². The molecule has 1 aromatic rings. The van der Waals surface area contributed by atoms with Crippen molar-refractivity contribution in [2.45, 2.75) is 0 Å². The zero-order chi connectivity index (χ0) is 8.97. The third-order valence-electron chi connectivity index (χ3n) is 1.57. The van der Waals surface area contributed by atoms with E-state index < -0.39 is 0 Å². The van der Waals surface area contributed by atoms with Crippen molar-refractivity contribution in [2.75, 3.05) is 13.7 Å². The Hall–Kier alpha value is -1.35. The minimum Gasteiger partial charge on any atom is -0.497 e. The van der Waals surface area contributed by atoms with Gasteiger partial charge in [0, 0.05) is 5.56 Å². The van der Waals surface area contributed by atoms with Gasteiger partial charge in [0.1, 0.15) is 5.75 Å². The highest BCUT2D eigenvalue weighted by molar-refractivity contribution is 5.96. The van der Waals surface area contributed by atoms with Crippen LogP contribution in [0.1, 0.15) is 10.4 Å². The van der Waals surface area contributed by atoms with Gasteiger partial charge in [-0.2, -0.15) is 0 Å². The molecule has 0 saturated heterocycles. The third kappa shape index (κ3) is 1.83. The van der Waals surface area contributed by atoms with Gasteiger partial charge in [-0.15, -0.1) is 0 Å². The van der Waals surface area contributed by atoms with Crippen molar-refractivity contribution in [3.8, 4) is 5.75 Å². The number of carbonyl (C=O) groups is 1. The van der Waals surface area contributed by atoms with Gasteiger partial charge in [0.2, 0.25) is 12.4 Å². The summed E-state index contributed by atoms with van der Waals surface area (Å²) in [6.07, 6.45) is 0. The van der Waals surface area contributed by atoms with E-state index in [0.717, 1.165) is 5.75 Å². The van der Waals surface area contributed by atoms with Gasteiger partial charge in [0.05, 0.1) is 7.11 Å². The van der Waals surface area contributed by atoms with E-state index in [1.807, 2.05) is 0 Å². The molecule has 3 heteroatoms. The van der Waals surface area contributed by atoms with Gasteiger partial charge in [-0.1, -0.05) is 0 Å². The lowest BCUT2D eigenvalue weighted by Crippen LogP contribution is -2.03. The number of ether oxygens (including phenoxy) is 1. The van der Waals surface area contributed by atoms with E-state index in [4.69, 9.17) is 9.84 Å². The maximum absolute atomic E-state index is 11.0. The van der Waals surface area contributed by atoms with Gasteiger partial charge in [-0.25, -0.2) is 0 Å². The second kappa shape index (κ2) is 3.88. The van der Waals surface area contributed by atoms with E-state index in [1.54, 1.807) is 31.4 Å². The third-order valence-corrected chi connectivity index (χ3v) is 1.57. The van der Waals surface area contributed by atoms with Crippen LogP contribution >= 0.6 is 0 Å². The van der Waals surface area contributed by atoms with Crippen LogP contribution in [0.25, 0.3) is 0 Å². The number of hydrogen-bond donors (Lipinski definition) is 0. The second-order valence-electron chi connectivity index (χ2n) is 2.33. The molecule has 0 aromatic heterocycles. The van der Waals surface area contributed by atoms with Gasteiger partial charge < -0.3 is 9.84 Å². The summed E-state index contributed by atoms with van der Waals surface area (Å²) in [4.78, 5) is 11.0. The number of benzene rings is 1. The highest BCUT2D eigenvalue weighted by atomic mass is 16.5. The number of methoxy groups -OCH3 is 1. The molecule has 64 valence electrons. The van der Waals surface area contributed by atoms with Crippen LogP contribution in [-0.2, 0) is 0 Å². The van der Waals surface area contributed by atoms with Crippen molar-refractivity contribution in [2.24, 2.45) is 0 Å². The minimum absolute atomic E-state index is 0.169. The van der Waals surface area contributed by atoms with E-state index in [9.17, 15) is 4.79 Å². The van der Waals surface area contributed by atoms with Crippen LogP contribution in [0.3, 0.4) is 0 Å². The highest BCUT2D eigenvalue weighted by Crippen LogP contribution is 2.11. The van der Waals surface area contributed by atoms with Crippen molar-refractivity contribution < 1.29 is 14.6 Å². The molecule has 3 nitrogen and oxygen atoms in total. The molecule has 0 unspecified atom stereocenters. The fraction of sp³-hybridized carbons (Fsp3) is 0.222. The number of Topliss-reactive ketones (excluding diaryl/α,β-unsaturated/α-hetero) is 1. The van der Waals surface area contributed by atoms with Crippen LogP contribution in [0.15, 0.2) is 24.3 Å². The quantitative estimate of drug-likeness (QED) is 0.489. The average Bonchev–Trinajstić information content (AvgIpc) is 2.17. The van der Waals surface area contributed by atoms with E-state index in [-0.39, 0.29) is 12.4 Å². The summed E-state index contributed by atoms with van der Waals surface area (Å²) in [5, 5.41) is 6.86. The molecule has 0 bridgehead atoms. The Labute approximate surface area is 70.6 Å². The maximum atomic E-state index is 11.0. The van der Waals surface area contributed by atoms with Crippen molar-refractivity contribution in [1.29, 1.82) is 0 Å². The molecule has 0 aliphatic carbocycles. The first-order valence-electron chi connectivity index (χ1n) is 3.59. The molecule has 0 saturated carbocycles. The molecule has 0 aliphatic rings. The van der Waals surface area contributed by atoms with Crippen LogP contribution in [-0.4, -0.2) is 24.6 Å². The second-order valence-corrected chi connectivity index (χ2v) is 2.33. The number of rotatable bonds is 3. The summed E-state index contributed by atoms with van der Waals surface area (Å²) >= 11 is 0. The van der Waals surface area contributed by atoms with Gasteiger partial charge in [-0.3, -0.25) is 4.79 Å². The highest BCUT2D eigenvalue weighted by Gasteiger charge is 2.05. The standard InChI is InChI=1S/C9H10O3/c1-12-8-4-2-7(3-5-8)9(11)6-10/h2-5,10H,6H2,1H3/p+1. The summed E-state index contributed by atoms with van der Waals surface area (Å²) < 4.78 is 4.92. The molecule has 0 spiro atoms. The first-order chi connectivity index (χ1) is 5.77. The van der Waals surface area contributed by atoms with Crippen molar-refractivity contribution in [3.05, 3.63) is 29.8 Å². The molecule has 0 heterocycles. The molecule has 1 rings (SSSR count). The lowest BCUT2D eigenvalue weighted by molar-refractivity contribution is 0.0903. The number of carbonyl (C=O) groups excluding carboxylic acids is 1. The van der Waals surface area contributed by atoms with Crippen LogP contribution in [0.2, 0.25) is 0 Å². The van der Waals surface area contributed by atoms with Crippen LogP contribution in [0, 0.1) is 0 Å². The van der Waals surface area contributed by atoms with Gasteiger partial charge in [0.15, 0.2) is 0 Å². The van der Waals surface area contributed by atoms with Crippen LogP contribution in [0.5, 0.6) is 5.75 Å². The summed E-state index contributed by atoms with van der Waals surface area (Å²) in [5.74, 6) is 0.550. The smallest absolute Gasteiger partial charge is 0.237 e. The zero-order valence-electron chi connectivity index (χ0n) is 6.83. The molecule has 0 radical (unpaired) electrons. The SMILES string of the molecule is COc1ccc(C(=O)C[OH2+])cc1. The Balaban J connectivity index is 2.84. The van der Waals surface area contributed by atoms with E-state index in [2.05, 4.69) is 0 Å². The summed E-state index contributed by atoms with van der Waals surface area (Å²) in [6, 6.07) is 6.75. The Morgan fingerprint density at radius 1 is 1.42 bits per heavy atom. The molecular formula is C9H11O3+. The predicted molar refractivity (Wildman–Crippen MR) is 45.8 cm³/mol. The maximum Gasteiger partial charge on any atom is 0.237 e. The number of ketones is 1. The van der Waals surface area contributed by atoms with Crippen molar-refractivity contribution >= 4 is 5.78 Å². The van der Waals surface area contributed by atoms with Gasteiger partial charge >= 0.3 is 0 Å². The van der Waals surface area contributed by atoms with E-state index >= 15 is 0 Å². The number of hydrogen-bond acceptors (Lipinski definition) is 2. The van der Waals surface area contributed by atoms with E-state index in [0.29, 0.717) is 5.56 Å². The molecule has 1 aromatic carbocycles. The largest absolute Gasteiger partial charge is 0.497 e. The van der Waals surface area contributed by atoms with Crippen LogP contribution < -0.4 is 4.74 Å². The minimum atomic E-state index is -0.202. The average molecular weight is 167 g/mol. The van der Waals surface area contributed by atoms with Crippen LogP contribution in [0.4, 0.5) is 0 Å². The fourth-order valence-corrected chi connectivity index (χ4v) is 0.879. The Kier molecular flexibility index (Phi) is 2.82. The first kappa shape index (κ1) is 8.74. The molecule has 0 amide bonds. The molecule has 0 aliphatic heterocycles. The summed E-state index contributed by atoms with van der Waals surface area (Å²) in [7, 11) is 1.57. The first-order valence-corrected chi connectivity index (χ1v) is 3.59. The molecule has 12 heavy (non-hydrogen) atoms. The Bertz CT molecular complexity index is 264. The normalized spacial score (nSPS) is 9.50. The summed E-state index contributed by atoms with van der Waals surface area (Å²) in [5.41, 5.74) is 0.561. The molecular weight excluding hydrogens is 156 g/mol. The lowest BCUT2D eigenvalue weighted by Gasteiger charge is -1.99. The summed E-state index contributed by atoms with van der Waals surface area (Å²) in [6.45, 7) is -0.202. The fourth-order valence-electron chi connectivity index (χ4n) is 0.879.